The number of alkyl halides is 3. The Labute approximate surface area is 135 Å². The minimum Gasteiger partial charge on any atom is -0.493 e. The van der Waals surface area contributed by atoms with Crippen molar-refractivity contribution in [3.8, 4) is 28.8 Å². The van der Waals surface area contributed by atoms with E-state index < -0.39 is 17.3 Å². The van der Waals surface area contributed by atoms with Gasteiger partial charge in [-0.1, -0.05) is 12.2 Å². The van der Waals surface area contributed by atoms with Crippen LogP contribution in [0.15, 0.2) is 24.3 Å². The van der Waals surface area contributed by atoms with Crippen molar-refractivity contribution in [2.75, 3.05) is 14.2 Å². The molecular formula is C15H11F3N2O2S. The zero-order chi connectivity index (χ0) is 17.2. The molecule has 1 aromatic carbocycles. The number of methoxy groups -OCH3 is 2. The van der Waals surface area contributed by atoms with Gasteiger partial charge in [0, 0.05) is 11.3 Å². The highest BCUT2D eigenvalue weighted by Crippen LogP contribution is 2.36. The highest BCUT2D eigenvalue weighted by Gasteiger charge is 2.35. The molecule has 2 rings (SSSR count). The van der Waals surface area contributed by atoms with Gasteiger partial charge in [0.2, 0.25) is 0 Å². The molecule has 8 heteroatoms. The Bertz CT molecular complexity index is 838. The summed E-state index contributed by atoms with van der Waals surface area (Å²) in [5.41, 5.74) is -1.13. The van der Waals surface area contributed by atoms with E-state index in [-0.39, 0.29) is 10.3 Å². The van der Waals surface area contributed by atoms with Crippen LogP contribution in [0.4, 0.5) is 13.2 Å². The van der Waals surface area contributed by atoms with Crippen LogP contribution in [0.2, 0.25) is 0 Å². The summed E-state index contributed by atoms with van der Waals surface area (Å²) in [4.78, 5) is 2.64. The Hall–Kier alpha value is -2.53. The number of nitrogens with one attached hydrogen (secondary N) is 1. The molecule has 1 heterocycles. The average Bonchev–Trinajstić information content (AvgIpc) is 2.52. The molecule has 0 saturated carbocycles. The number of benzene rings is 1. The summed E-state index contributed by atoms with van der Waals surface area (Å²) in [6.07, 6.45) is -4.68. The molecule has 0 aliphatic rings. The first-order valence-corrected chi connectivity index (χ1v) is 6.69. The number of nitrogens with zero attached hydrogens (tertiary/aromatic N) is 1. The van der Waals surface area contributed by atoms with E-state index >= 15 is 0 Å². The molecule has 0 amide bonds. The van der Waals surface area contributed by atoms with Crippen LogP contribution in [0.1, 0.15) is 11.1 Å². The van der Waals surface area contributed by atoms with E-state index in [1.54, 1.807) is 12.1 Å². The summed E-state index contributed by atoms with van der Waals surface area (Å²) in [6, 6.07) is 7.00. The fourth-order valence-corrected chi connectivity index (χ4v) is 2.32. The number of halogens is 3. The number of nitriles is 1. The second kappa shape index (κ2) is 6.30. The normalized spacial score (nSPS) is 11.0. The Morgan fingerprint density at radius 3 is 2.30 bits per heavy atom. The van der Waals surface area contributed by atoms with Crippen LogP contribution in [0.3, 0.4) is 0 Å². The van der Waals surface area contributed by atoms with Gasteiger partial charge >= 0.3 is 6.18 Å². The molecule has 2 aromatic rings. The lowest BCUT2D eigenvalue weighted by Gasteiger charge is -2.13. The maximum Gasteiger partial charge on any atom is 0.417 e. The first-order chi connectivity index (χ1) is 10.8. The van der Waals surface area contributed by atoms with Crippen molar-refractivity contribution < 1.29 is 22.6 Å². The van der Waals surface area contributed by atoms with E-state index in [9.17, 15) is 13.2 Å². The number of aromatic nitrogens is 1. The van der Waals surface area contributed by atoms with Gasteiger partial charge in [-0.25, -0.2) is 0 Å². The molecule has 0 atom stereocenters. The smallest absolute Gasteiger partial charge is 0.417 e. The topological polar surface area (TPSA) is 58.0 Å². The van der Waals surface area contributed by atoms with Crippen molar-refractivity contribution >= 4 is 12.2 Å². The molecule has 1 aromatic heterocycles. The fourth-order valence-electron chi connectivity index (χ4n) is 2.05. The quantitative estimate of drug-likeness (QED) is 0.846. The van der Waals surface area contributed by atoms with Gasteiger partial charge in [-0.15, -0.1) is 0 Å². The van der Waals surface area contributed by atoms with Gasteiger partial charge in [0.25, 0.3) is 0 Å². The molecule has 0 saturated heterocycles. The predicted molar refractivity (Wildman–Crippen MR) is 79.9 cm³/mol. The van der Waals surface area contributed by atoms with Crippen molar-refractivity contribution in [1.82, 2.24) is 4.98 Å². The Morgan fingerprint density at radius 2 is 1.78 bits per heavy atom. The minimum atomic E-state index is -4.68. The van der Waals surface area contributed by atoms with Crippen LogP contribution in [0.5, 0.6) is 11.5 Å². The molecule has 120 valence electrons. The third-order valence-electron chi connectivity index (χ3n) is 3.15. The summed E-state index contributed by atoms with van der Waals surface area (Å²) in [6.45, 7) is 0. The largest absolute Gasteiger partial charge is 0.493 e. The predicted octanol–water partition coefficient (Wildman–Crippen LogP) is 4.32. The van der Waals surface area contributed by atoms with E-state index in [0.717, 1.165) is 6.07 Å². The molecule has 0 unspecified atom stereocenters. The second-order valence-electron chi connectivity index (χ2n) is 4.48. The molecule has 1 N–H and O–H groups in total. The maximum atomic E-state index is 13.1. The Balaban J connectivity index is 2.69. The maximum absolute atomic E-state index is 13.1. The number of pyridine rings is 1. The first-order valence-electron chi connectivity index (χ1n) is 6.28. The van der Waals surface area contributed by atoms with Gasteiger partial charge in [0.15, 0.2) is 11.5 Å². The first kappa shape index (κ1) is 16.8. The van der Waals surface area contributed by atoms with E-state index in [1.807, 2.05) is 0 Å². The van der Waals surface area contributed by atoms with Crippen LogP contribution in [-0.2, 0) is 6.18 Å². The second-order valence-corrected chi connectivity index (χ2v) is 4.89. The molecule has 0 spiro atoms. The van der Waals surface area contributed by atoms with Gasteiger partial charge in [0.1, 0.15) is 10.7 Å². The van der Waals surface area contributed by atoms with Crippen molar-refractivity contribution in [2.45, 2.75) is 6.18 Å². The van der Waals surface area contributed by atoms with Gasteiger partial charge in [-0.2, -0.15) is 18.4 Å². The van der Waals surface area contributed by atoms with Crippen molar-refractivity contribution in [2.24, 2.45) is 0 Å². The third kappa shape index (κ3) is 3.29. The summed E-state index contributed by atoms with van der Waals surface area (Å²) in [5, 5.41) is 8.90. The molecule has 0 aliphatic carbocycles. The van der Waals surface area contributed by atoms with Crippen LogP contribution in [-0.4, -0.2) is 19.2 Å². The van der Waals surface area contributed by atoms with E-state index in [0.29, 0.717) is 17.1 Å². The lowest BCUT2D eigenvalue weighted by molar-refractivity contribution is -0.137. The lowest BCUT2D eigenvalue weighted by Crippen LogP contribution is -2.09. The molecule has 0 aliphatic heterocycles. The van der Waals surface area contributed by atoms with Gasteiger partial charge in [0.05, 0.1) is 25.3 Å². The van der Waals surface area contributed by atoms with Crippen LogP contribution in [0, 0.1) is 16.0 Å². The minimum absolute atomic E-state index is 0.127. The molecule has 0 radical (unpaired) electrons. The molecule has 23 heavy (non-hydrogen) atoms. The van der Waals surface area contributed by atoms with Gasteiger partial charge in [-0.3, -0.25) is 0 Å². The SMILES string of the molecule is COc1ccc(-c2cc(C(F)(F)F)c(C#N)c(=S)[nH]2)cc1OC. The molecule has 0 bridgehead atoms. The monoisotopic (exact) mass is 340 g/mol. The summed E-state index contributed by atoms with van der Waals surface area (Å²) in [7, 11) is 2.87. The number of rotatable bonds is 3. The van der Waals surface area contributed by atoms with Gasteiger partial charge < -0.3 is 14.5 Å². The average molecular weight is 340 g/mol. The Morgan fingerprint density at radius 1 is 1.13 bits per heavy atom. The van der Waals surface area contributed by atoms with Crippen molar-refractivity contribution in [3.05, 3.63) is 40.0 Å². The van der Waals surface area contributed by atoms with Crippen LogP contribution >= 0.6 is 12.2 Å². The highest BCUT2D eigenvalue weighted by atomic mass is 32.1. The van der Waals surface area contributed by atoms with E-state index in [2.05, 4.69) is 4.98 Å². The fraction of sp³-hybridized carbons (Fsp3) is 0.200. The Kier molecular flexibility index (Phi) is 4.61. The molecule has 0 fully saturated rings. The van der Waals surface area contributed by atoms with Crippen molar-refractivity contribution in [1.29, 1.82) is 5.26 Å². The number of H-pyrrole nitrogens is 1. The van der Waals surface area contributed by atoms with E-state index in [4.69, 9.17) is 27.0 Å². The zero-order valence-electron chi connectivity index (χ0n) is 12.1. The third-order valence-corrected chi connectivity index (χ3v) is 3.45. The van der Waals surface area contributed by atoms with Crippen LogP contribution in [0.25, 0.3) is 11.3 Å². The zero-order valence-corrected chi connectivity index (χ0v) is 12.9. The number of aromatic amines is 1. The summed E-state index contributed by atoms with van der Waals surface area (Å²) >= 11 is 4.87. The summed E-state index contributed by atoms with van der Waals surface area (Å²) in [5.74, 6) is 0.807. The highest BCUT2D eigenvalue weighted by molar-refractivity contribution is 7.71. The molecular weight excluding hydrogens is 329 g/mol. The lowest BCUT2D eigenvalue weighted by atomic mass is 10.0. The number of hydrogen-bond acceptors (Lipinski definition) is 4. The number of hydrogen-bond donors (Lipinski definition) is 1. The molecule has 4 nitrogen and oxygen atoms in total. The number of ether oxygens (including phenoxy) is 2. The van der Waals surface area contributed by atoms with Crippen molar-refractivity contribution in [3.63, 3.8) is 0 Å². The standard InChI is InChI=1S/C15H11F3N2O2S/c1-21-12-4-3-8(5-13(12)22-2)11-6-10(15(16,17)18)9(7-19)14(23)20-11/h3-6H,1-2H3,(H,20,23). The van der Waals surface area contributed by atoms with Crippen LogP contribution < -0.4 is 9.47 Å². The summed E-state index contributed by atoms with van der Waals surface area (Å²) < 4.78 is 49.3. The van der Waals surface area contributed by atoms with Gasteiger partial charge in [-0.05, 0) is 24.3 Å². The van der Waals surface area contributed by atoms with E-state index in [1.165, 1.54) is 26.4 Å².